The SMILES string of the molecule is CN(C)C[P+](=O)c1ccccc1. The van der Waals surface area contributed by atoms with Crippen LogP contribution in [0.15, 0.2) is 30.3 Å². The Morgan fingerprint density at radius 3 is 2.33 bits per heavy atom. The van der Waals surface area contributed by atoms with Crippen LogP contribution in [0.25, 0.3) is 0 Å². The first-order valence-corrected chi connectivity index (χ1v) is 5.29. The van der Waals surface area contributed by atoms with Gasteiger partial charge in [0.05, 0.1) is 0 Å². The van der Waals surface area contributed by atoms with Crippen molar-refractivity contribution >= 4 is 13.1 Å². The fraction of sp³-hybridized carbons (Fsp3) is 0.333. The molecule has 2 nitrogen and oxygen atoms in total. The Morgan fingerprint density at radius 1 is 1.25 bits per heavy atom. The molecule has 0 bridgehead atoms. The Morgan fingerprint density at radius 2 is 1.83 bits per heavy atom. The van der Waals surface area contributed by atoms with E-state index in [-0.39, 0.29) is 0 Å². The highest BCUT2D eigenvalue weighted by atomic mass is 31.1. The van der Waals surface area contributed by atoms with Crippen molar-refractivity contribution in [2.75, 3.05) is 20.4 Å². The van der Waals surface area contributed by atoms with Crippen molar-refractivity contribution < 1.29 is 4.57 Å². The lowest BCUT2D eigenvalue weighted by atomic mass is 10.4. The Balaban J connectivity index is 2.66. The van der Waals surface area contributed by atoms with Gasteiger partial charge in [-0.2, -0.15) is 0 Å². The molecule has 0 aromatic heterocycles. The molecule has 0 amide bonds. The molecule has 0 radical (unpaired) electrons. The summed E-state index contributed by atoms with van der Waals surface area (Å²) >= 11 is 0. The first-order valence-electron chi connectivity index (χ1n) is 3.84. The van der Waals surface area contributed by atoms with E-state index in [2.05, 4.69) is 0 Å². The molecule has 0 N–H and O–H groups in total. The quantitative estimate of drug-likeness (QED) is 0.662. The lowest BCUT2D eigenvalue weighted by Crippen LogP contribution is -2.13. The van der Waals surface area contributed by atoms with E-state index < -0.39 is 7.80 Å². The lowest BCUT2D eigenvalue weighted by Gasteiger charge is -1.98. The van der Waals surface area contributed by atoms with E-state index in [0.29, 0.717) is 6.29 Å². The predicted molar refractivity (Wildman–Crippen MR) is 52.2 cm³/mol. The van der Waals surface area contributed by atoms with Crippen molar-refractivity contribution in [1.82, 2.24) is 4.90 Å². The molecule has 12 heavy (non-hydrogen) atoms. The zero-order valence-corrected chi connectivity index (χ0v) is 8.29. The van der Waals surface area contributed by atoms with Gasteiger partial charge in [-0.05, 0) is 26.2 Å². The molecule has 0 spiro atoms. The average molecular weight is 182 g/mol. The summed E-state index contributed by atoms with van der Waals surface area (Å²) in [7, 11) is 2.61. The van der Waals surface area contributed by atoms with E-state index in [1.54, 1.807) is 0 Å². The fourth-order valence-electron chi connectivity index (χ4n) is 0.933. The molecular weight excluding hydrogens is 169 g/mol. The monoisotopic (exact) mass is 182 g/mol. The van der Waals surface area contributed by atoms with Crippen LogP contribution in [0, 0.1) is 0 Å². The molecule has 0 saturated carbocycles. The van der Waals surface area contributed by atoms with E-state index in [1.807, 2.05) is 49.3 Å². The van der Waals surface area contributed by atoms with Gasteiger partial charge in [0.2, 0.25) is 6.29 Å². The zero-order chi connectivity index (χ0) is 8.97. The minimum Gasteiger partial charge on any atom is -0.268 e. The van der Waals surface area contributed by atoms with Gasteiger partial charge in [0, 0.05) is 0 Å². The van der Waals surface area contributed by atoms with Crippen LogP contribution in [-0.2, 0) is 4.57 Å². The van der Waals surface area contributed by atoms with E-state index in [4.69, 9.17) is 0 Å². The van der Waals surface area contributed by atoms with E-state index in [9.17, 15) is 4.57 Å². The van der Waals surface area contributed by atoms with Crippen molar-refractivity contribution in [2.45, 2.75) is 0 Å². The second kappa shape index (κ2) is 4.34. The Bertz CT molecular complexity index is 258. The molecule has 0 saturated heterocycles. The van der Waals surface area contributed by atoms with Gasteiger partial charge >= 0.3 is 7.80 Å². The van der Waals surface area contributed by atoms with Crippen LogP contribution in [0.1, 0.15) is 0 Å². The number of hydrogen-bond donors (Lipinski definition) is 0. The lowest BCUT2D eigenvalue weighted by molar-refractivity contribution is 0.470. The third kappa shape index (κ3) is 2.72. The molecule has 0 aliphatic rings. The van der Waals surface area contributed by atoms with Gasteiger partial charge in [-0.3, -0.25) is 4.90 Å². The van der Waals surface area contributed by atoms with Crippen molar-refractivity contribution in [3.63, 3.8) is 0 Å². The molecule has 0 fully saturated rings. The Kier molecular flexibility index (Phi) is 3.39. The number of hydrogen-bond acceptors (Lipinski definition) is 2. The van der Waals surface area contributed by atoms with Gasteiger partial charge in [-0.1, -0.05) is 22.8 Å². The van der Waals surface area contributed by atoms with Crippen LogP contribution < -0.4 is 5.30 Å². The number of benzene rings is 1. The van der Waals surface area contributed by atoms with Crippen molar-refractivity contribution in [1.29, 1.82) is 0 Å². The van der Waals surface area contributed by atoms with Gasteiger partial charge in [0.25, 0.3) is 0 Å². The topological polar surface area (TPSA) is 20.3 Å². The molecule has 0 aliphatic heterocycles. The summed E-state index contributed by atoms with van der Waals surface area (Å²) in [4.78, 5) is 1.94. The minimum absolute atomic E-state index is 0.624. The first kappa shape index (κ1) is 9.37. The molecule has 64 valence electrons. The molecule has 0 aliphatic carbocycles. The van der Waals surface area contributed by atoms with Crippen molar-refractivity contribution in [3.8, 4) is 0 Å². The largest absolute Gasteiger partial charge is 0.392 e. The summed E-state index contributed by atoms with van der Waals surface area (Å²) in [5, 5.41) is 0.932. The van der Waals surface area contributed by atoms with E-state index >= 15 is 0 Å². The van der Waals surface area contributed by atoms with Crippen LogP contribution in [0.3, 0.4) is 0 Å². The average Bonchev–Trinajstić information content (AvgIpc) is 2.05. The van der Waals surface area contributed by atoms with Gasteiger partial charge in [-0.25, -0.2) is 0 Å². The molecule has 1 rings (SSSR count). The van der Waals surface area contributed by atoms with Crippen LogP contribution in [0.4, 0.5) is 0 Å². The maximum atomic E-state index is 11.6. The highest BCUT2D eigenvalue weighted by Gasteiger charge is 2.18. The van der Waals surface area contributed by atoms with Crippen LogP contribution >= 0.6 is 7.80 Å². The third-order valence-electron chi connectivity index (χ3n) is 1.46. The van der Waals surface area contributed by atoms with Crippen LogP contribution in [-0.4, -0.2) is 25.3 Å². The summed E-state index contributed by atoms with van der Waals surface area (Å²) in [6.45, 7) is 0. The number of rotatable bonds is 3. The van der Waals surface area contributed by atoms with E-state index in [1.165, 1.54) is 0 Å². The molecule has 1 aromatic carbocycles. The smallest absolute Gasteiger partial charge is 0.268 e. The van der Waals surface area contributed by atoms with Gasteiger partial charge < -0.3 is 0 Å². The first-order chi connectivity index (χ1) is 5.70. The second-order valence-corrected chi connectivity index (χ2v) is 4.49. The summed E-state index contributed by atoms with van der Waals surface area (Å²) in [6.07, 6.45) is 0.624. The normalized spacial score (nSPS) is 11.8. The highest BCUT2D eigenvalue weighted by Crippen LogP contribution is 2.18. The summed E-state index contributed by atoms with van der Waals surface area (Å²) in [5.74, 6) is 0. The molecule has 0 heterocycles. The van der Waals surface area contributed by atoms with Crippen molar-refractivity contribution in [2.24, 2.45) is 0 Å². The third-order valence-corrected chi connectivity index (χ3v) is 3.15. The highest BCUT2D eigenvalue weighted by molar-refractivity contribution is 7.53. The van der Waals surface area contributed by atoms with Gasteiger partial charge in [-0.15, -0.1) is 0 Å². The Labute approximate surface area is 74.0 Å². The number of nitrogens with zero attached hydrogens (tertiary/aromatic N) is 1. The molecule has 1 atom stereocenters. The second-order valence-electron chi connectivity index (χ2n) is 2.94. The molecular formula is C9H13NOP+. The minimum atomic E-state index is -1.24. The van der Waals surface area contributed by atoms with Crippen molar-refractivity contribution in [3.05, 3.63) is 30.3 Å². The molecule has 1 unspecified atom stereocenters. The summed E-state index contributed by atoms with van der Waals surface area (Å²) < 4.78 is 11.6. The van der Waals surface area contributed by atoms with E-state index in [0.717, 1.165) is 5.30 Å². The maximum Gasteiger partial charge on any atom is 0.392 e. The van der Waals surface area contributed by atoms with Gasteiger partial charge in [0.1, 0.15) is 0 Å². The van der Waals surface area contributed by atoms with Crippen LogP contribution in [0.5, 0.6) is 0 Å². The molecule has 3 heteroatoms. The standard InChI is InChI=1S/C9H13NOP/c1-10(2)8-12(11)9-6-4-3-5-7-9/h3-7H,8H2,1-2H3/q+1. The zero-order valence-electron chi connectivity index (χ0n) is 7.40. The van der Waals surface area contributed by atoms with Crippen LogP contribution in [0.2, 0.25) is 0 Å². The Hall–Kier alpha value is -0.720. The van der Waals surface area contributed by atoms with Gasteiger partial charge in [0.15, 0.2) is 5.30 Å². The molecule has 1 aromatic rings. The summed E-state index contributed by atoms with van der Waals surface area (Å²) in [6, 6.07) is 9.57. The fourth-order valence-corrected chi connectivity index (χ4v) is 2.11. The summed E-state index contributed by atoms with van der Waals surface area (Å²) in [5.41, 5.74) is 0. The predicted octanol–water partition coefficient (Wildman–Crippen LogP) is 1.66. The maximum absolute atomic E-state index is 11.6.